The number of ether oxygens (including phenoxy) is 1. The SMILES string of the molecule is Nc1scc(C2CCCN(C(=O)OCc3ccccc3)C2)c1C(=O)O. The molecule has 0 spiro atoms. The number of carboxylic acids is 1. The number of carbonyl (C=O) groups excluding carboxylic acids is 1. The summed E-state index contributed by atoms with van der Waals surface area (Å²) in [4.78, 5) is 25.4. The summed E-state index contributed by atoms with van der Waals surface area (Å²) in [5, 5.41) is 11.5. The summed E-state index contributed by atoms with van der Waals surface area (Å²) in [5.74, 6) is -1.05. The summed E-state index contributed by atoms with van der Waals surface area (Å²) >= 11 is 1.23. The largest absolute Gasteiger partial charge is 0.478 e. The van der Waals surface area contributed by atoms with Gasteiger partial charge in [0.1, 0.15) is 11.6 Å². The van der Waals surface area contributed by atoms with Crippen molar-refractivity contribution in [1.82, 2.24) is 4.90 Å². The Kier molecular flexibility index (Phi) is 5.23. The summed E-state index contributed by atoms with van der Waals surface area (Å²) in [6, 6.07) is 9.51. The topological polar surface area (TPSA) is 92.9 Å². The van der Waals surface area contributed by atoms with E-state index in [0.717, 1.165) is 24.0 Å². The van der Waals surface area contributed by atoms with Gasteiger partial charge in [0.05, 0.1) is 5.56 Å². The molecule has 0 aliphatic carbocycles. The number of carbonyl (C=O) groups is 2. The Morgan fingerprint density at radius 3 is 2.80 bits per heavy atom. The number of benzene rings is 1. The first-order chi connectivity index (χ1) is 12.1. The Hall–Kier alpha value is -2.54. The molecule has 1 aliphatic rings. The Morgan fingerprint density at radius 1 is 1.32 bits per heavy atom. The number of aromatic carboxylic acids is 1. The van der Waals surface area contributed by atoms with Crippen LogP contribution in [0, 0.1) is 0 Å². The molecule has 1 amide bonds. The van der Waals surface area contributed by atoms with Crippen molar-refractivity contribution in [2.75, 3.05) is 18.8 Å². The molecule has 3 rings (SSSR count). The molecular weight excluding hydrogens is 340 g/mol. The summed E-state index contributed by atoms with van der Waals surface area (Å²) in [6.07, 6.45) is 1.27. The fraction of sp³-hybridized carbons (Fsp3) is 0.333. The molecule has 7 heteroatoms. The second kappa shape index (κ2) is 7.57. The maximum absolute atomic E-state index is 12.3. The van der Waals surface area contributed by atoms with E-state index in [9.17, 15) is 14.7 Å². The highest BCUT2D eigenvalue weighted by molar-refractivity contribution is 7.14. The number of nitrogens with zero attached hydrogens (tertiary/aromatic N) is 1. The van der Waals surface area contributed by atoms with Gasteiger partial charge in [-0.25, -0.2) is 9.59 Å². The standard InChI is InChI=1S/C18H20N2O4S/c19-16-15(17(21)22)14(11-25-16)13-7-4-8-20(9-13)18(23)24-10-12-5-2-1-3-6-12/h1-3,5-6,11,13H,4,7-10,19H2,(H,21,22). The van der Waals surface area contributed by atoms with Gasteiger partial charge in [-0.2, -0.15) is 0 Å². The van der Waals surface area contributed by atoms with Crippen molar-refractivity contribution in [3.05, 3.63) is 52.4 Å². The minimum atomic E-state index is -1.02. The van der Waals surface area contributed by atoms with E-state index in [4.69, 9.17) is 10.5 Å². The molecule has 1 aromatic heterocycles. The van der Waals surface area contributed by atoms with Gasteiger partial charge in [0.25, 0.3) is 0 Å². The van der Waals surface area contributed by atoms with E-state index in [-0.39, 0.29) is 24.2 Å². The van der Waals surface area contributed by atoms with Gasteiger partial charge in [0.2, 0.25) is 0 Å². The lowest BCUT2D eigenvalue weighted by Crippen LogP contribution is -2.39. The molecule has 1 atom stereocenters. The summed E-state index contributed by atoms with van der Waals surface area (Å²) in [6.45, 7) is 1.29. The minimum absolute atomic E-state index is 0.0299. The van der Waals surface area contributed by atoms with Crippen LogP contribution in [0.2, 0.25) is 0 Å². The van der Waals surface area contributed by atoms with Crippen LogP contribution < -0.4 is 5.73 Å². The third kappa shape index (κ3) is 3.93. The molecule has 0 radical (unpaired) electrons. The number of nitrogen functional groups attached to an aromatic ring is 1. The molecule has 6 nitrogen and oxygen atoms in total. The highest BCUT2D eigenvalue weighted by atomic mass is 32.1. The molecule has 2 heterocycles. The first-order valence-electron chi connectivity index (χ1n) is 8.12. The van der Waals surface area contributed by atoms with Crippen LogP contribution >= 0.6 is 11.3 Å². The number of amides is 1. The number of thiophene rings is 1. The number of anilines is 1. The zero-order chi connectivity index (χ0) is 17.8. The average molecular weight is 360 g/mol. The molecule has 1 aliphatic heterocycles. The van der Waals surface area contributed by atoms with Gasteiger partial charge in [-0.3, -0.25) is 0 Å². The third-order valence-electron chi connectivity index (χ3n) is 4.39. The van der Waals surface area contributed by atoms with Crippen LogP contribution in [0.4, 0.5) is 9.80 Å². The van der Waals surface area contributed by atoms with Crippen LogP contribution in [0.3, 0.4) is 0 Å². The van der Waals surface area contributed by atoms with E-state index in [1.165, 1.54) is 11.3 Å². The predicted octanol–water partition coefficient (Wildman–Crippen LogP) is 3.54. The monoisotopic (exact) mass is 360 g/mol. The van der Waals surface area contributed by atoms with Crippen LogP contribution in [-0.2, 0) is 11.3 Å². The van der Waals surface area contributed by atoms with Crippen molar-refractivity contribution in [3.8, 4) is 0 Å². The van der Waals surface area contributed by atoms with Crippen LogP contribution in [0.5, 0.6) is 0 Å². The van der Waals surface area contributed by atoms with Crippen LogP contribution in [0.25, 0.3) is 0 Å². The van der Waals surface area contributed by atoms with Crippen molar-refractivity contribution in [1.29, 1.82) is 0 Å². The fourth-order valence-corrected chi connectivity index (χ4v) is 4.01. The molecule has 3 N–H and O–H groups in total. The maximum Gasteiger partial charge on any atom is 0.410 e. The molecule has 1 unspecified atom stereocenters. The van der Waals surface area contributed by atoms with Crippen molar-refractivity contribution in [3.63, 3.8) is 0 Å². The molecular formula is C18H20N2O4S. The predicted molar refractivity (Wildman–Crippen MR) is 95.9 cm³/mol. The Bertz CT molecular complexity index is 760. The molecule has 132 valence electrons. The molecule has 1 aromatic carbocycles. The van der Waals surface area contributed by atoms with Gasteiger partial charge in [0, 0.05) is 19.0 Å². The fourth-order valence-electron chi connectivity index (χ4n) is 3.12. The van der Waals surface area contributed by atoms with E-state index < -0.39 is 5.97 Å². The number of piperidine rings is 1. The highest BCUT2D eigenvalue weighted by Crippen LogP contribution is 2.35. The molecule has 25 heavy (non-hydrogen) atoms. The lowest BCUT2D eigenvalue weighted by Gasteiger charge is -2.32. The first kappa shape index (κ1) is 17.3. The summed E-state index contributed by atoms with van der Waals surface area (Å²) < 4.78 is 5.38. The zero-order valence-corrected chi connectivity index (χ0v) is 14.5. The van der Waals surface area contributed by atoms with Crippen molar-refractivity contribution >= 4 is 28.4 Å². The van der Waals surface area contributed by atoms with Gasteiger partial charge in [-0.05, 0) is 29.3 Å². The number of carboxylic acid groups (broad SMARTS) is 1. The average Bonchev–Trinajstić information content (AvgIpc) is 3.02. The second-order valence-corrected chi connectivity index (χ2v) is 6.97. The molecule has 1 saturated heterocycles. The van der Waals surface area contributed by atoms with E-state index in [1.54, 1.807) is 10.3 Å². The van der Waals surface area contributed by atoms with Gasteiger partial charge in [-0.1, -0.05) is 30.3 Å². The summed E-state index contributed by atoms with van der Waals surface area (Å²) in [5.41, 5.74) is 7.62. The molecule has 2 aromatic rings. The molecule has 0 bridgehead atoms. The molecule has 0 saturated carbocycles. The smallest absolute Gasteiger partial charge is 0.410 e. The first-order valence-corrected chi connectivity index (χ1v) is 9.00. The van der Waals surface area contributed by atoms with Crippen LogP contribution in [0.15, 0.2) is 35.7 Å². The normalized spacial score (nSPS) is 17.3. The Labute approximate surface area is 149 Å². The van der Waals surface area contributed by atoms with Gasteiger partial charge < -0.3 is 20.5 Å². The van der Waals surface area contributed by atoms with Crippen molar-refractivity contribution in [2.45, 2.75) is 25.4 Å². The Morgan fingerprint density at radius 2 is 2.08 bits per heavy atom. The van der Waals surface area contributed by atoms with Gasteiger partial charge >= 0.3 is 12.1 Å². The zero-order valence-electron chi connectivity index (χ0n) is 13.7. The van der Waals surface area contributed by atoms with Gasteiger partial charge in [-0.15, -0.1) is 11.3 Å². The van der Waals surface area contributed by atoms with E-state index >= 15 is 0 Å². The number of likely N-dealkylation sites (tertiary alicyclic amines) is 1. The quantitative estimate of drug-likeness (QED) is 0.870. The molecule has 1 fully saturated rings. The number of rotatable bonds is 4. The Balaban J connectivity index is 1.65. The van der Waals surface area contributed by atoms with Crippen LogP contribution in [0.1, 0.15) is 40.2 Å². The maximum atomic E-state index is 12.3. The lowest BCUT2D eigenvalue weighted by atomic mass is 9.90. The third-order valence-corrected chi connectivity index (χ3v) is 5.22. The van der Waals surface area contributed by atoms with E-state index in [0.29, 0.717) is 18.1 Å². The van der Waals surface area contributed by atoms with E-state index in [2.05, 4.69) is 0 Å². The van der Waals surface area contributed by atoms with E-state index in [1.807, 2.05) is 30.3 Å². The number of hydrogen-bond donors (Lipinski definition) is 2. The number of nitrogens with two attached hydrogens (primary N) is 1. The van der Waals surface area contributed by atoms with Gasteiger partial charge in [0.15, 0.2) is 0 Å². The van der Waals surface area contributed by atoms with Crippen molar-refractivity contribution in [2.24, 2.45) is 0 Å². The highest BCUT2D eigenvalue weighted by Gasteiger charge is 2.30. The minimum Gasteiger partial charge on any atom is -0.478 e. The lowest BCUT2D eigenvalue weighted by molar-refractivity contribution is 0.0695. The van der Waals surface area contributed by atoms with Crippen LogP contribution in [-0.4, -0.2) is 35.2 Å². The number of hydrogen-bond acceptors (Lipinski definition) is 5. The second-order valence-electron chi connectivity index (χ2n) is 6.06. The summed E-state index contributed by atoms with van der Waals surface area (Å²) in [7, 11) is 0. The van der Waals surface area contributed by atoms with Crippen molar-refractivity contribution < 1.29 is 19.4 Å².